The van der Waals surface area contributed by atoms with Gasteiger partial charge in [0.05, 0.1) is 11.6 Å². The molecule has 0 heterocycles. The molecule has 1 atom stereocenters. The van der Waals surface area contributed by atoms with Crippen molar-refractivity contribution in [1.82, 2.24) is 0 Å². The fraction of sp³-hybridized carbons (Fsp3) is 0.182. The Morgan fingerprint density at radius 3 is 2.40 bits per heavy atom. The van der Waals surface area contributed by atoms with Gasteiger partial charge in [0, 0.05) is 6.04 Å². The maximum absolute atomic E-state index is 13.3. The number of benzene rings is 1. The van der Waals surface area contributed by atoms with Crippen molar-refractivity contribution in [3.63, 3.8) is 0 Å². The second-order valence-electron chi connectivity index (χ2n) is 3.10. The van der Waals surface area contributed by atoms with E-state index in [2.05, 4.69) is 11.9 Å². The topological polar surface area (TPSA) is 35.8 Å². The van der Waals surface area contributed by atoms with E-state index in [4.69, 9.17) is 5.26 Å². The van der Waals surface area contributed by atoms with Gasteiger partial charge < -0.3 is 5.32 Å². The lowest BCUT2D eigenvalue weighted by molar-refractivity contribution is 0.586. The average molecular weight is 208 g/mol. The molecule has 0 aliphatic rings. The van der Waals surface area contributed by atoms with Crippen LogP contribution in [0.2, 0.25) is 0 Å². The van der Waals surface area contributed by atoms with Crippen LogP contribution in [0.5, 0.6) is 0 Å². The fourth-order valence-corrected chi connectivity index (χ4v) is 1.06. The molecule has 1 aromatic rings. The van der Waals surface area contributed by atoms with Crippen molar-refractivity contribution in [2.24, 2.45) is 0 Å². The highest BCUT2D eigenvalue weighted by atomic mass is 19.1. The number of nitrogens with zero attached hydrogens (tertiary/aromatic N) is 1. The first-order chi connectivity index (χ1) is 7.08. The minimum Gasteiger partial charge on any atom is -0.374 e. The van der Waals surface area contributed by atoms with Gasteiger partial charge in [-0.15, -0.1) is 6.58 Å². The predicted molar refractivity (Wildman–Crippen MR) is 54.4 cm³/mol. The third-order valence-corrected chi connectivity index (χ3v) is 1.90. The molecule has 1 aromatic carbocycles. The van der Waals surface area contributed by atoms with Gasteiger partial charge in [0.25, 0.3) is 0 Å². The maximum atomic E-state index is 13.3. The van der Waals surface area contributed by atoms with E-state index in [9.17, 15) is 8.78 Å². The minimum atomic E-state index is -0.778. The number of rotatable bonds is 3. The number of halogens is 2. The first-order valence-corrected chi connectivity index (χ1v) is 4.36. The van der Waals surface area contributed by atoms with Crippen LogP contribution >= 0.6 is 0 Å². The third-order valence-electron chi connectivity index (χ3n) is 1.90. The summed E-state index contributed by atoms with van der Waals surface area (Å²) in [6.45, 7) is 5.20. The highest BCUT2D eigenvalue weighted by molar-refractivity contribution is 5.51. The van der Waals surface area contributed by atoms with E-state index in [1.54, 1.807) is 13.0 Å². The molecular weight excluding hydrogens is 198 g/mol. The van der Waals surface area contributed by atoms with Crippen LogP contribution in [-0.2, 0) is 0 Å². The molecule has 0 saturated heterocycles. The Morgan fingerprint density at radius 1 is 1.47 bits per heavy atom. The van der Waals surface area contributed by atoms with Gasteiger partial charge in [0.2, 0.25) is 0 Å². The molecule has 0 aliphatic heterocycles. The van der Waals surface area contributed by atoms with Gasteiger partial charge in [-0.3, -0.25) is 0 Å². The molecule has 1 rings (SSSR count). The van der Waals surface area contributed by atoms with E-state index in [1.165, 1.54) is 6.08 Å². The zero-order valence-corrected chi connectivity index (χ0v) is 8.22. The monoisotopic (exact) mass is 208 g/mol. The summed E-state index contributed by atoms with van der Waals surface area (Å²) in [6, 6.07) is 3.40. The van der Waals surface area contributed by atoms with Gasteiger partial charge in [-0.1, -0.05) is 6.08 Å². The van der Waals surface area contributed by atoms with Gasteiger partial charge in [-0.25, -0.2) is 8.78 Å². The Bertz CT molecular complexity index is 398. The first kappa shape index (κ1) is 11.2. The largest absolute Gasteiger partial charge is 0.374 e. The van der Waals surface area contributed by atoms with E-state index >= 15 is 0 Å². The molecule has 78 valence electrons. The van der Waals surface area contributed by atoms with Crippen molar-refractivity contribution in [3.05, 3.63) is 42.0 Å². The Balaban J connectivity index is 3.09. The van der Waals surface area contributed by atoms with Crippen molar-refractivity contribution in [2.45, 2.75) is 13.0 Å². The van der Waals surface area contributed by atoms with Crippen LogP contribution in [0, 0.1) is 23.0 Å². The SMILES string of the molecule is C=CC(C)Nc1c(F)cc(C#N)cc1F. The normalized spacial score (nSPS) is 11.6. The van der Waals surface area contributed by atoms with Gasteiger partial charge in [0.15, 0.2) is 11.6 Å². The lowest BCUT2D eigenvalue weighted by Gasteiger charge is -2.12. The van der Waals surface area contributed by atoms with Crippen LogP contribution in [0.4, 0.5) is 14.5 Å². The molecule has 0 radical (unpaired) electrons. The number of anilines is 1. The molecule has 1 N–H and O–H groups in total. The fourth-order valence-electron chi connectivity index (χ4n) is 1.06. The molecule has 0 saturated carbocycles. The van der Waals surface area contributed by atoms with Crippen LogP contribution in [0.25, 0.3) is 0 Å². The summed E-state index contributed by atoms with van der Waals surface area (Å²) < 4.78 is 26.6. The van der Waals surface area contributed by atoms with Gasteiger partial charge in [-0.2, -0.15) is 5.26 Å². The molecular formula is C11H10F2N2. The average Bonchev–Trinajstić information content (AvgIpc) is 2.22. The quantitative estimate of drug-likeness (QED) is 0.775. The molecule has 4 heteroatoms. The third kappa shape index (κ3) is 2.53. The first-order valence-electron chi connectivity index (χ1n) is 4.36. The van der Waals surface area contributed by atoms with Crippen LogP contribution in [0.3, 0.4) is 0 Å². The van der Waals surface area contributed by atoms with Gasteiger partial charge in [0.1, 0.15) is 5.69 Å². The van der Waals surface area contributed by atoms with Crippen LogP contribution in [0.15, 0.2) is 24.8 Å². The van der Waals surface area contributed by atoms with Crippen LogP contribution < -0.4 is 5.32 Å². The summed E-state index contributed by atoms with van der Waals surface area (Å²) in [4.78, 5) is 0. The molecule has 0 bridgehead atoms. The molecule has 0 spiro atoms. The van der Waals surface area contributed by atoms with E-state index in [1.807, 2.05) is 0 Å². The van der Waals surface area contributed by atoms with Crippen molar-refractivity contribution in [3.8, 4) is 6.07 Å². The van der Waals surface area contributed by atoms with Crippen molar-refractivity contribution in [2.75, 3.05) is 5.32 Å². The standard InChI is InChI=1S/C11H10F2N2/c1-3-7(2)15-11-9(12)4-8(6-14)5-10(11)13/h3-5,7,15H,1H2,2H3. The zero-order chi connectivity index (χ0) is 11.4. The Kier molecular flexibility index (Phi) is 3.40. The van der Waals surface area contributed by atoms with Crippen LogP contribution in [0.1, 0.15) is 12.5 Å². The Labute approximate surface area is 86.8 Å². The second-order valence-corrected chi connectivity index (χ2v) is 3.10. The van der Waals surface area contributed by atoms with Gasteiger partial charge >= 0.3 is 0 Å². The molecule has 0 amide bonds. The lowest BCUT2D eigenvalue weighted by atomic mass is 10.2. The number of hydrogen-bond donors (Lipinski definition) is 1. The summed E-state index contributed by atoms with van der Waals surface area (Å²) in [5.41, 5.74) is -0.275. The van der Waals surface area contributed by atoms with Crippen molar-refractivity contribution >= 4 is 5.69 Å². The molecule has 0 fully saturated rings. The van der Waals surface area contributed by atoms with E-state index in [0.29, 0.717) is 0 Å². The summed E-state index contributed by atoms with van der Waals surface area (Å²) in [7, 11) is 0. The number of nitrogens with one attached hydrogen (secondary N) is 1. The second kappa shape index (κ2) is 4.56. The summed E-state index contributed by atoms with van der Waals surface area (Å²) >= 11 is 0. The Morgan fingerprint density at radius 2 is 2.00 bits per heavy atom. The molecule has 0 aromatic heterocycles. The van der Waals surface area contributed by atoms with E-state index < -0.39 is 11.6 Å². The summed E-state index contributed by atoms with van der Waals surface area (Å²) in [5.74, 6) is -1.56. The zero-order valence-electron chi connectivity index (χ0n) is 8.22. The van der Waals surface area contributed by atoms with Crippen molar-refractivity contribution in [1.29, 1.82) is 5.26 Å². The van der Waals surface area contributed by atoms with Crippen LogP contribution in [-0.4, -0.2) is 6.04 Å². The Hall–Kier alpha value is -1.89. The minimum absolute atomic E-state index is 0.0400. The number of hydrogen-bond acceptors (Lipinski definition) is 2. The summed E-state index contributed by atoms with van der Waals surface area (Å²) in [6.07, 6.45) is 1.52. The highest BCUT2D eigenvalue weighted by Gasteiger charge is 2.11. The number of nitriles is 1. The van der Waals surface area contributed by atoms with E-state index in [-0.39, 0.29) is 17.3 Å². The lowest BCUT2D eigenvalue weighted by Crippen LogP contribution is -2.14. The summed E-state index contributed by atoms with van der Waals surface area (Å²) in [5, 5.41) is 11.1. The maximum Gasteiger partial charge on any atom is 0.150 e. The molecule has 0 aliphatic carbocycles. The highest BCUT2D eigenvalue weighted by Crippen LogP contribution is 2.21. The smallest absolute Gasteiger partial charge is 0.150 e. The molecule has 2 nitrogen and oxygen atoms in total. The molecule has 1 unspecified atom stereocenters. The van der Waals surface area contributed by atoms with E-state index in [0.717, 1.165) is 12.1 Å². The van der Waals surface area contributed by atoms with Crippen molar-refractivity contribution < 1.29 is 8.78 Å². The predicted octanol–water partition coefficient (Wildman–Crippen LogP) is 2.82. The van der Waals surface area contributed by atoms with Gasteiger partial charge in [-0.05, 0) is 19.1 Å². The molecule has 15 heavy (non-hydrogen) atoms.